The van der Waals surface area contributed by atoms with E-state index in [-0.39, 0.29) is 12.3 Å². The summed E-state index contributed by atoms with van der Waals surface area (Å²) < 4.78 is 17.7. The fourth-order valence-corrected chi connectivity index (χ4v) is 3.40. The van der Waals surface area contributed by atoms with Gasteiger partial charge in [0.05, 0.1) is 27.2 Å². The van der Waals surface area contributed by atoms with Crippen molar-refractivity contribution >= 4 is 17.6 Å². The van der Waals surface area contributed by atoms with Crippen molar-refractivity contribution in [3.63, 3.8) is 0 Å². The molecule has 0 saturated carbocycles. The molecule has 154 valence electrons. The number of amides is 1. The van der Waals surface area contributed by atoms with Gasteiger partial charge in [-0.05, 0) is 23.8 Å². The first-order chi connectivity index (χ1) is 14.6. The molecule has 1 amide bonds. The number of benzene rings is 2. The number of carbonyl (C=O) groups is 2. The maximum atomic E-state index is 12.5. The van der Waals surface area contributed by atoms with Crippen LogP contribution in [0.3, 0.4) is 0 Å². The van der Waals surface area contributed by atoms with Gasteiger partial charge in [0, 0.05) is 11.3 Å². The van der Waals surface area contributed by atoms with Gasteiger partial charge in [0.25, 0.3) is 0 Å². The third-order valence-corrected chi connectivity index (χ3v) is 4.80. The fourth-order valence-electron chi connectivity index (χ4n) is 3.40. The molecule has 2 aromatic carbocycles. The van der Waals surface area contributed by atoms with E-state index in [0.717, 1.165) is 5.56 Å². The Labute approximate surface area is 172 Å². The molecule has 1 atom stereocenters. The molecular formula is C21H20N4O5. The van der Waals surface area contributed by atoms with Crippen LogP contribution in [0, 0.1) is 0 Å². The highest BCUT2D eigenvalue weighted by atomic mass is 16.6. The van der Waals surface area contributed by atoms with Gasteiger partial charge in [-0.15, -0.1) is 0 Å². The predicted molar refractivity (Wildman–Crippen MR) is 107 cm³/mol. The zero-order valence-electron chi connectivity index (χ0n) is 16.5. The molecule has 0 aliphatic carbocycles. The molecule has 1 aliphatic rings. The summed E-state index contributed by atoms with van der Waals surface area (Å²) >= 11 is 0. The van der Waals surface area contributed by atoms with Crippen LogP contribution in [0.2, 0.25) is 0 Å². The number of rotatable bonds is 7. The first-order valence-electron chi connectivity index (χ1n) is 9.26. The number of esters is 1. The number of nitrogens with zero attached hydrogens (tertiary/aromatic N) is 3. The topological polar surface area (TPSA) is 105 Å². The molecular weight excluding hydrogens is 388 g/mol. The lowest BCUT2D eigenvalue weighted by Gasteiger charge is -2.13. The highest BCUT2D eigenvalue weighted by Gasteiger charge is 2.36. The van der Waals surface area contributed by atoms with E-state index in [1.165, 1.54) is 20.5 Å². The van der Waals surface area contributed by atoms with Crippen LogP contribution in [0.5, 0.6) is 11.5 Å². The van der Waals surface area contributed by atoms with Crippen LogP contribution < -0.4 is 14.8 Å². The van der Waals surface area contributed by atoms with Crippen molar-refractivity contribution in [1.82, 2.24) is 14.8 Å². The Hall–Kier alpha value is -3.88. The number of carbonyl (C=O) groups excluding carboxylic acids is 2. The molecule has 0 saturated heterocycles. The monoisotopic (exact) mass is 408 g/mol. The first kappa shape index (κ1) is 19.4. The van der Waals surface area contributed by atoms with Crippen molar-refractivity contribution in [3.8, 4) is 11.5 Å². The van der Waals surface area contributed by atoms with E-state index >= 15 is 0 Å². The quantitative estimate of drug-likeness (QED) is 0.599. The summed E-state index contributed by atoms with van der Waals surface area (Å²) in [5.41, 5.74) is 2.58. The lowest BCUT2D eigenvalue weighted by Crippen LogP contribution is -2.15. The Kier molecular flexibility index (Phi) is 5.34. The maximum absolute atomic E-state index is 12.5. The summed E-state index contributed by atoms with van der Waals surface area (Å²) in [7, 11) is 2.95. The largest absolute Gasteiger partial charge is 0.493 e. The highest BCUT2D eigenvalue weighted by Crippen LogP contribution is 2.43. The van der Waals surface area contributed by atoms with Crippen molar-refractivity contribution < 1.29 is 23.8 Å². The zero-order valence-corrected chi connectivity index (χ0v) is 16.5. The highest BCUT2D eigenvalue weighted by molar-refractivity contribution is 5.99. The summed E-state index contributed by atoms with van der Waals surface area (Å²) in [6.07, 6.45) is 2.43. The molecule has 9 heteroatoms. The van der Waals surface area contributed by atoms with Crippen LogP contribution in [0.25, 0.3) is 0 Å². The molecule has 1 aliphatic heterocycles. The van der Waals surface area contributed by atoms with Crippen LogP contribution >= 0.6 is 0 Å². The van der Waals surface area contributed by atoms with E-state index in [0.29, 0.717) is 34.9 Å². The summed E-state index contributed by atoms with van der Waals surface area (Å²) in [6, 6.07) is 10.8. The second-order valence-electron chi connectivity index (χ2n) is 6.70. The zero-order chi connectivity index (χ0) is 21.1. The Morgan fingerprint density at radius 1 is 1.17 bits per heavy atom. The van der Waals surface area contributed by atoms with Gasteiger partial charge >= 0.3 is 5.97 Å². The molecule has 0 radical (unpaired) electrons. The Morgan fingerprint density at radius 3 is 2.63 bits per heavy atom. The van der Waals surface area contributed by atoms with Crippen molar-refractivity contribution in [3.05, 3.63) is 65.7 Å². The molecule has 1 N–H and O–H groups in total. The van der Waals surface area contributed by atoms with Gasteiger partial charge in [0.1, 0.15) is 24.3 Å². The number of hydrogen-bond donors (Lipinski definition) is 1. The van der Waals surface area contributed by atoms with Crippen LogP contribution in [0.4, 0.5) is 5.69 Å². The lowest BCUT2D eigenvalue weighted by atomic mass is 10.0. The van der Waals surface area contributed by atoms with E-state index < -0.39 is 12.1 Å². The molecule has 3 aromatic rings. The van der Waals surface area contributed by atoms with Crippen LogP contribution in [-0.4, -0.2) is 40.9 Å². The summed E-state index contributed by atoms with van der Waals surface area (Å²) in [6.45, 7) is 0.592. The van der Waals surface area contributed by atoms with Gasteiger partial charge in [-0.3, -0.25) is 4.79 Å². The predicted octanol–water partition coefficient (Wildman–Crippen LogP) is 2.58. The minimum atomic E-state index is -0.682. The number of anilines is 1. The van der Waals surface area contributed by atoms with E-state index in [9.17, 15) is 9.59 Å². The van der Waals surface area contributed by atoms with Crippen molar-refractivity contribution in [1.29, 1.82) is 0 Å². The van der Waals surface area contributed by atoms with Gasteiger partial charge in [0.15, 0.2) is 11.5 Å². The second kappa shape index (κ2) is 8.24. The van der Waals surface area contributed by atoms with Crippen LogP contribution in [0.1, 0.15) is 34.0 Å². The second-order valence-corrected chi connectivity index (χ2v) is 6.70. The SMILES string of the molecule is COc1ccc2c(c1OC)C(=O)O[C@H]2CC(=O)Nc1ccc(Cn2cncn2)cc1. The average molecular weight is 408 g/mol. The third-order valence-electron chi connectivity index (χ3n) is 4.80. The van der Waals surface area contributed by atoms with Crippen LogP contribution in [-0.2, 0) is 16.1 Å². The molecule has 9 nitrogen and oxygen atoms in total. The molecule has 30 heavy (non-hydrogen) atoms. The standard InChI is InChI=1S/C21H20N4O5/c1-28-16-8-7-15-17(30-21(27)19(15)20(16)29-2)9-18(26)24-14-5-3-13(4-6-14)10-25-12-22-11-23-25/h3-8,11-12,17H,9-10H2,1-2H3,(H,24,26)/t17-/m0/s1. The molecule has 2 heterocycles. The molecule has 0 spiro atoms. The van der Waals surface area contributed by atoms with Gasteiger partial charge in [0.2, 0.25) is 5.91 Å². The van der Waals surface area contributed by atoms with Gasteiger partial charge < -0.3 is 19.5 Å². The third kappa shape index (κ3) is 3.82. The van der Waals surface area contributed by atoms with Crippen LogP contribution in [0.15, 0.2) is 49.1 Å². The van der Waals surface area contributed by atoms with E-state index in [2.05, 4.69) is 15.4 Å². The van der Waals surface area contributed by atoms with Crippen molar-refractivity contribution in [2.45, 2.75) is 19.1 Å². The number of cyclic esters (lactones) is 1. The number of nitrogens with one attached hydrogen (secondary N) is 1. The molecule has 0 unspecified atom stereocenters. The number of aromatic nitrogens is 3. The van der Waals surface area contributed by atoms with Gasteiger partial charge in [-0.1, -0.05) is 18.2 Å². The van der Waals surface area contributed by atoms with Crippen molar-refractivity contribution in [2.75, 3.05) is 19.5 Å². The Bertz CT molecular complexity index is 1060. The smallest absolute Gasteiger partial charge is 0.343 e. The molecule has 1 aromatic heterocycles. The first-order valence-corrected chi connectivity index (χ1v) is 9.26. The van der Waals surface area contributed by atoms with Gasteiger partial charge in [-0.25, -0.2) is 14.5 Å². The normalized spacial score (nSPS) is 14.7. The summed E-state index contributed by atoms with van der Waals surface area (Å²) in [4.78, 5) is 28.8. The summed E-state index contributed by atoms with van der Waals surface area (Å²) in [5, 5.41) is 6.90. The minimum absolute atomic E-state index is 0.00503. The average Bonchev–Trinajstić information content (AvgIpc) is 3.36. The minimum Gasteiger partial charge on any atom is -0.493 e. The van der Waals surface area contributed by atoms with E-state index in [1.54, 1.807) is 23.1 Å². The Balaban J connectivity index is 1.42. The number of hydrogen-bond acceptors (Lipinski definition) is 7. The number of methoxy groups -OCH3 is 2. The fraction of sp³-hybridized carbons (Fsp3) is 0.238. The lowest BCUT2D eigenvalue weighted by molar-refractivity contribution is -0.118. The molecule has 4 rings (SSSR count). The van der Waals surface area contributed by atoms with E-state index in [4.69, 9.17) is 14.2 Å². The summed E-state index contributed by atoms with van der Waals surface area (Å²) in [5.74, 6) is -0.0503. The molecule has 0 fully saturated rings. The van der Waals surface area contributed by atoms with E-state index in [1.807, 2.05) is 24.3 Å². The van der Waals surface area contributed by atoms with Gasteiger partial charge in [-0.2, -0.15) is 5.10 Å². The number of ether oxygens (including phenoxy) is 3. The Morgan fingerprint density at radius 2 is 1.97 bits per heavy atom. The van der Waals surface area contributed by atoms with Crippen molar-refractivity contribution in [2.24, 2.45) is 0 Å². The maximum Gasteiger partial charge on any atom is 0.343 e. The molecule has 0 bridgehead atoms. The number of fused-ring (bicyclic) bond motifs is 1.